The monoisotopic (exact) mass is 372 g/mol. The lowest BCUT2D eigenvalue weighted by molar-refractivity contribution is 0.0969. The summed E-state index contributed by atoms with van der Waals surface area (Å²) in [7, 11) is -1.34. The van der Waals surface area contributed by atoms with E-state index in [2.05, 4.69) is 29.2 Å². The van der Waals surface area contributed by atoms with E-state index < -0.39 is 10.0 Å². The Morgan fingerprint density at radius 2 is 2.00 bits per heavy atom. The summed E-state index contributed by atoms with van der Waals surface area (Å²) in [6.07, 6.45) is 4.64. The van der Waals surface area contributed by atoms with Gasteiger partial charge in [0.15, 0.2) is 0 Å². The van der Waals surface area contributed by atoms with E-state index in [0.717, 1.165) is 45.2 Å². The van der Waals surface area contributed by atoms with E-state index in [9.17, 15) is 8.42 Å². The number of hydrogen-bond donors (Lipinski definition) is 0. The Labute approximate surface area is 152 Å². The summed E-state index contributed by atoms with van der Waals surface area (Å²) in [4.78, 5) is 2.53. The molecule has 1 aromatic carbocycles. The molecule has 3 rings (SSSR count). The van der Waals surface area contributed by atoms with Crippen LogP contribution in [0.25, 0.3) is 0 Å². The molecular weight excluding hydrogens is 344 g/mol. The van der Waals surface area contributed by atoms with Crippen molar-refractivity contribution in [2.45, 2.75) is 51.1 Å². The van der Waals surface area contributed by atoms with Crippen molar-refractivity contribution < 1.29 is 8.42 Å². The lowest BCUT2D eigenvalue weighted by Crippen LogP contribution is -2.49. The molecule has 1 saturated heterocycles. The molecule has 1 fully saturated rings. The molecule has 0 aliphatic carbocycles. The van der Waals surface area contributed by atoms with Gasteiger partial charge in [-0.05, 0) is 36.8 Å². The van der Waals surface area contributed by atoms with Crippen molar-refractivity contribution in [2.24, 2.45) is 0 Å². The number of piperidine rings is 1. The minimum atomic E-state index is -3.12. The molecule has 0 radical (unpaired) electrons. The number of hydrogen-bond acceptors (Lipinski definition) is 3. The smallest absolute Gasteiger partial charge is 0.214 e. The summed E-state index contributed by atoms with van der Waals surface area (Å²) in [6, 6.07) is 9.16. The van der Waals surface area contributed by atoms with Crippen LogP contribution in [0.1, 0.15) is 49.8 Å². The Balaban J connectivity index is 0.00000208. The van der Waals surface area contributed by atoms with Crippen molar-refractivity contribution in [3.05, 3.63) is 35.4 Å². The molecule has 0 N–H and O–H groups in total. The van der Waals surface area contributed by atoms with Gasteiger partial charge in [0.05, 0.1) is 5.75 Å². The van der Waals surface area contributed by atoms with E-state index in [1.165, 1.54) is 11.1 Å². The fourth-order valence-electron chi connectivity index (χ4n) is 3.97. The lowest BCUT2D eigenvalue weighted by atomic mass is 9.85. The van der Waals surface area contributed by atoms with Crippen molar-refractivity contribution in [1.82, 2.24) is 9.21 Å². The molecule has 2 heterocycles. The van der Waals surface area contributed by atoms with Crippen LogP contribution in [0.4, 0.5) is 0 Å². The van der Waals surface area contributed by atoms with Crippen LogP contribution in [-0.4, -0.2) is 49.6 Å². The van der Waals surface area contributed by atoms with Crippen LogP contribution in [-0.2, 0) is 16.4 Å². The fourth-order valence-corrected chi connectivity index (χ4v) is 5.55. The first kappa shape index (κ1) is 19.7. The second-order valence-electron chi connectivity index (χ2n) is 6.86. The van der Waals surface area contributed by atoms with E-state index in [1.807, 2.05) is 6.92 Å². The Morgan fingerprint density at radius 3 is 2.75 bits per heavy atom. The molecule has 2 aliphatic rings. The highest BCUT2D eigenvalue weighted by molar-refractivity contribution is 7.89. The fraction of sp³-hybridized carbons (Fsp3) is 0.667. The molecule has 0 bridgehead atoms. The van der Waals surface area contributed by atoms with Gasteiger partial charge in [-0.1, -0.05) is 37.6 Å². The van der Waals surface area contributed by atoms with Gasteiger partial charge in [-0.25, -0.2) is 12.7 Å². The zero-order chi connectivity index (χ0) is 16.4. The maximum absolute atomic E-state index is 12.5. The van der Waals surface area contributed by atoms with Crippen molar-refractivity contribution in [1.29, 1.82) is 0 Å². The number of fused-ring (bicyclic) bond motifs is 3. The summed E-state index contributed by atoms with van der Waals surface area (Å²) in [5, 5.41) is 0. The van der Waals surface area contributed by atoms with E-state index in [4.69, 9.17) is 0 Å². The highest BCUT2D eigenvalue weighted by atomic mass is 35.5. The van der Waals surface area contributed by atoms with Crippen LogP contribution >= 0.6 is 12.4 Å². The Hall–Kier alpha value is -0.620. The Morgan fingerprint density at radius 1 is 1.25 bits per heavy atom. The van der Waals surface area contributed by atoms with Crippen LogP contribution in [0, 0.1) is 0 Å². The summed E-state index contributed by atoms with van der Waals surface area (Å²) in [5.74, 6) is 0.279. The maximum atomic E-state index is 12.5. The summed E-state index contributed by atoms with van der Waals surface area (Å²) >= 11 is 0. The predicted molar refractivity (Wildman–Crippen MR) is 101 cm³/mol. The quantitative estimate of drug-likeness (QED) is 0.796. The Bertz CT molecular complexity index is 650. The van der Waals surface area contributed by atoms with Crippen LogP contribution < -0.4 is 0 Å². The molecule has 2 aliphatic heterocycles. The van der Waals surface area contributed by atoms with Gasteiger partial charge in [-0.2, -0.15) is 0 Å². The number of halogens is 1. The lowest BCUT2D eigenvalue weighted by Gasteiger charge is -2.45. The first-order chi connectivity index (χ1) is 11.0. The topological polar surface area (TPSA) is 40.6 Å². The average Bonchev–Trinajstić information content (AvgIpc) is 2.58. The Kier molecular flexibility index (Phi) is 6.71. The van der Waals surface area contributed by atoms with Crippen LogP contribution in [0.15, 0.2) is 24.3 Å². The van der Waals surface area contributed by atoms with Gasteiger partial charge in [-0.3, -0.25) is 4.90 Å². The maximum Gasteiger partial charge on any atom is 0.214 e. The molecule has 6 heteroatoms. The SMILES string of the molecule is CCCCS(=O)(=O)N(C)C1CCN2CCc3ccccc3C2C1.Cl. The normalized spacial score (nSPS) is 24.1. The molecule has 1 aromatic rings. The molecule has 2 atom stereocenters. The first-order valence-corrected chi connectivity index (χ1v) is 10.4. The standard InChI is InChI=1S/C18H28N2O2S.ClH/c1-3-4-13-23(21,22)19(2)16-10-12-20-11-9-15-7-5-6-8-17(15)18(20)14-16;/h5-8,16,18H,3-4,9-14H2,1-2H3;1H. The summed E-state index contributed by atoms with van der Waals surface area (Å²) in [6.45, 7) is 4.13. The summed E-state index contributed by atoms with van der Waals surface area (Å²) in [5.41, 5.74) is 2.84. The molecule has 0 aromatic heterocycles. The zero-order valence-electron chi connectivity index (χ0n) is 14.6. The predicted octanol–water partition coefficient (Wildman–Crippen LogP) is 3.23. The van der Waals surface area contributed by atoms with Crippen LogP contribution in [0.2, 0.25) is 0 Å². The molecule has 4 nitrogen and oxygen atoms in total. The third-order valence-corrected chi connectivity index (χ3v) is 7.46. The van der Waals surface area contributed by atoms with Gasteiger partial charge in [0.2, 0.25) is 10.0 Å². The largest absolute Gasteiger partial charge is 0.296 e. The van der Waals surface area contributed by atoms with Gasteiger partial charge in [0.1, 0.15) is 0 Å². The number of nitrogens with zero attached hydrogens (tertiary/aromatic N) is 2. The highest BCUT2D eigenvalue weighted by Crippen LogP contribution is 2.38. The van der Waals surface area contributed by atoms with Crippen molar-refractivity contribution in [3.8, 4) is 0 Å². The minimum Gasteiger partial charge on any atom is -0.296 e. The summed E-state index contributed by atoms with van der Waals surface area (Å²) < 4.78 is 26.7. The van der Waals surface area contributed by atoms with Crippen LogP contribution in [0.5, 0.6) is 0 Å². The van der Waals surface area contributed by atoms with E-state index in [0.29, 0.717) is 6.04 Å². The van der Waals surface area contributed by atoms with E-state index >= 15 is 0 Å². The number of rotatable bonds is 5. The van der Waals surface area contributed by atoms with Gasteiger partial charge in [-0.15, -0.1) is 12.4 Å². The number of benzene rings is 1. The van der Waals surface area contributed by atoms with Gasteiger partial charge in [0.25, 0.3) is 0 Å². The third-order valence-electron chi connectivity index (χ3n) is 5.48. The molecule has 0 spiro atoms. The minimum absolute atomic E-state index is 0. The molecule has 0 amide bonds. The van der Waals surface area contributed by atoms with Gasteiger partial charge >= 0.3 is 0 Å². The molecule has 0 saturated carbocycles. The number of unbranched alkanes of at least 4 members (excludes halogenated alkanes) is 1. The highest BCUT2D eigenvalue weighted by Gasteiger charge is 2.37. The van der Waals surface area contributed by atoms with Gasteiger partial charge in [0, 0.05) is 32.2 Å². The van der Waals surface area contributed by atoms with Gasteiger partial charge < -0.3 is 0 Å². The number of sulfonamides is 1. The van der Waals surface area contributed by atoms with Crippen molar-refractivity contribution in [3.63, 3.8) is 0 Å². The molecule has 24 heavy (non-hydrogen) atoms. The second-order valence-corrected chi connectivity index (χ2v) is 9.01. The first-order valence-electron chi connectivity index (χ1n) is 8.80. The van der Waals surface area contributed by atoms with Crippen molar-refractivity contribution in [2.75, 3.05) is 25.9 Å². The van der Waals surface area contributed by atoms with Crippen molar-refractivity contribution >= 4 is 22.4 Å². The molecule has 136 valence electrons. The van der Waals surface area contributed by atoms with Crippen LogP contribution in [0.3, 0.4) is 0 Å². The molecular formula is C18H29ClN2O2S. The van der Waals surface area contributed by atoms with E-state index in [1.54, 1.807) is 11.4 Å². The average molecular weight is 373 g/mol. The second kappa shape index (κ2) is 8.17. The molecule has 2 unspecified atom stereocenters. The zero-order valence-corrected chi connectivity index (χ0v) is 16.3. The van der Waals surface area contributed by atoms with E-state index in [-0.39, 0.29) is 24.2 Å². The third kappa shape index (κ3) is 3.96.